The molecule has 204 valence electrons. The Hall–Kier alpha value is -0.860. The van der Waals surface area contributed by atoms with Gasteiger partial charge in [-0.15, -0.1) is 0 Å². The maximum absolute atomic E-state index is 6.68. The van der Waals surface area contributed by atoms with E-state index in [0.29, 0.717) is 0 Å². The van der Waals surface area contributed by atoms with Crippen LogP contribution in [0, 0.1) is 58.7 Å². The lowest BCUT2D eigenvalue weighted by atomic mass is 9.44. The second-order valence-corrected chi connectivity index (χ2v) is 16.6. The van der Waals surface area contributed by atoms with Gasteiger partial charge in [-0.1, -0.05) is 37.6 Å². The van der Waals surface area contributed by atoms with Gasteiger partial charge in [-0.05, 0) is 161 Å². The highest BCUT2D eigenvalue weighted by Crippen LogP contribution is 2.79. The Bertz CT molecular complexity index is 1010. The van der Waals surface area contributed by atoms with Gasteiger partial charge in [0.1, 0.15) is 0 Å². The largest absolute Gasteiger partial charge is 0.326 e. The summed E-state index contributed by atoms with van der Waals surface area (Å²) < 4.78 is 0. The zero-order valence-electron chi connectivity index (χ0n) is 24.4. The number of nitrogens with two attached hydrogens (primary N) is 2. The van der Waals surface area contributed by atoms with Crippen LogP contribution in [-0.2, 0) is 0 Å². The normalized spacial score (nSPS) is 45.2. The number of rotatable bonds is 9. The van der Waals surface area contributed by atoms with Gasteiger partial charge in [0.15, 0.2) is 0 Å². The van der Waals surface area contributed by atoms with Crippen LogP contribution in [-0.4, -0.2) is 11.1 Å². The van der Waals surface area contributed by atoms with Crippen molar-refractivity contribution in [3.63, 3.8) is 0 Å². The zero-order chi connectivity index (χ0) is 25.9. The minimum absolute atomic E-state index is 0.216. The minimum Gasteiger partial charge on any atom is -0.326 e. The Morgan fingerprint density at radius 2 is 1.65 bits per heavy atom. The van der Waals surface area contributed by atoms with E-state index in [1.165, 1.54) is 31.2 Å². The average Bonchev–Trinajstić information content (AvgIpc) is 3.49. The molecule has 12 atom stereocenters. The van der Waals surface area contributed by atoms with Crippen LogP contribution in [0.3, 0.4) is 0 Å². The van der Waals surface area contributed by atoms with Crippen LogP contribution in [0.2, 0.25) is 0 Å². The monoisotopic (exact) mass is 502 g/mol. The van der Waals surface area contributed by atoms with Crippen LogP contribution in [0.1, 0.15) is 122 Å². The molecular weight excluding hydrogens is 448 g/mol. The van der Waals surface area contributed by atoms with Crippen LogP contribution >= 0.6 is 0 Å². The molecule has 12 unspecified atom stereocenters. The number of hydrogen-bond donors (Lipinski definition) is 2. The molecule has 7 saturated carbocycles. The molecule has 0 saturated heterocycles. The van der Waals surface area contributed by atoms with Crippen molar-refractivity contribution in [1.82, 2.24) is 0 Å². The second-order valence-electron chi connectivity index (χ2n) is 16.6. The Labute approximate surface area is 227 Å². The maximum Gasteiger partial charge on any atom is 0.0167 e. The molecule has 0 spiro atoms. The molecule has 37 heavy (non-hydrogen) atoms. The highest BCUT2D eigenvalue weighted by atomic mass is 14.8. The van der Waals surface area contributed by atoms with Gasteiger partial charge in [-0.2, -0.15) is 0 Å². The average molecular weight is 503 g/mol. The molecular formula is C35H54N2. The lowest BCUT2D eigenvalue weighted by molar-refractivity contribution is -0.121. The number of benzene rings is 1. The molecule has 4 N–H and O–H groups in total. The van der Waals surface area contributed by atoms with Crippen molar-refractivity contribution in [1.29, 1.82) is 0 Å². The summed E-state index contributed by atoms with van der Waals surface area (Å²) in [6.07, 6.45) is 14.9. The predicted octanol–water partition coefficient (Wildman–Crippen LogP) is 7.86. The summed E-state index contributed by atoms with van der Waals surface area (Å²) in [5, 5.41) is 0. The Balaban J connectivity index is 1.15. The molecule has 8 rings (SSSR count). The van der Waals surface area contributed by atoms with Crippen molar-refractivity contribution in [3.8, 4) is 0 Å². The lowest BCUT2D eigenvalue weighted by Gasteiger charge is -2.61. The third kappa shape index (κ3) is 3.93. The van der Waals surface area contributed by atoms with Crippen molar-refractivity contribution in [3.05, 3.63) is 35.4 Å². The van der Waals surface area contributed by atoms with Gasteiger partial charge in [-0.25, -0.2) is 0 Å². The highest BCUT2D eigenvalue weighted by molar-refractivity contribution is 5.34. The summed E-state index contributed by atoms with van der Waals surface area (Å²) in [6, 6.07) is 9.78. The molecule has 7 aliphatic rings. The molecule has 2 nitrogen and oxygen atoms in total. The molecule has 2 heteroatoms. The molecule has 0 radical (unpaired) electrons. The molecule has 1 aromatic carbocycles. The van der Waals surface area contributed by atoms with Crippen LogP contribution < -0.4 is 11.5 Å². The highest BCUT2D eigenvalue weighted by Gasteiger charge is 2.72. The van der Waals surface area contributed by atoms with E-state index >= 15 is 0 Å². The molecule has 7 fully saturated rings. The van der Waals surface area contributed by atoms with Gasteiger partial charge in [0.25, 0.3) is 0 Å². The van der Waals surface area contributed by atoms with Crippen molar-refractivity contribution in [2.24, 2.45) is 70.1 Å². The fourth-order valence-corrected chi connectivity index (χ4v) is 12.1. The second kappa shape index (κ2) is 8.33. The van der Waals surface area contributed by atoms with E-state index in [4.69, 9.17) is 11.5 Å². The molecule has 7 aliphatic carbocycles. The van der Waals surface area contributed by atoms with Crippen LogP contribution in [0.4, 0.5) is 0 Å². The summed E-state index contributed by atoms with van der Waals surface area (Å²) in [5.41, 5.74) is 16.4. The summed E-state index contributed by atoms with van der Waals surface area (Å²) in [6.45, 7) is 11.1. The summed E-state index contributed by atoms with van der Waals surface area (Å²) in [4.78, 5) is 0. The predicted molar refractivity (Wildman–Crippen MR) is 154 cm³/mol. The lowest BCUT2D eigenvalue weighted by Crippen LogP contribution is -2.54. The Kier molecular flexibility index (Phi) is 5.65. The zero-order valence-corrected chi connectivity index (χ0v) is 24.4. The first-order valence-corrected chi connectivity index (χ1v) is 16.2. The minimum atomic E-state index is -0.274. The standard InChI is InChI=1S/C35H54N2/c1-6-21-11-12-26(21)32(35-17-20-13-24-15-25(18-35)28(14-20)31(24)35)29-16-27(29)22-7-9-23(10-8-22)30(34(4,5)37)19-33(2,3)36/h7-10,20-21,24-32H,6,11-19,36-37H2,1-5H3. The first kappa shape index (κ1) is 25.1. The van der Waals surface area contributed by atoms with Crippen molar-refractivity contribution >= 4 is 0 Å². The van der Waals surface area contributed by atoms with Crippen LogP contribution in [0.15, 0.2) is 24.3 Å². The SMILES string of the molecule is CCC1CCC1C(C1CC1c1ccc(C(CC(C)(C)N)C(C)(C)N)cc1)C12CC3CC4CC(C1)C(C3)C42. The quantitative estimate of drug-likeness (QED) is 0.361. The van der Waals surface area contributed by atoms with E-state index in [9.17, 15) is 0 Å². The Morgan fingerprint density at radius 1 is 0.892 bits per heavy atom. The van der Waals surface area contributed by atoms with Gasteiger partial charge >= 0.3 is 0 Å². The molecule has 0 aromatic heterocycles. The first-order chi connectivity index (χ1) is 17.5. The molecule has 0 amide bonds. The van der Waals surface area contributed by atoms with Gasteiger partial charge in [0.05, 0.1) is 0 Å². The summed E-state index contributed by atoms with van der Waals surface area (Å²) >= 11 is 0. The molecule has 0 aliphatic heterocycles. The van der Waals surface area contributed by atoms with Crippen molar-refractivity contribution in [2.45, 2.75) is 122 Å². The van der Waals surface area contributed by atoms with Crippen molar-refractivity contribution in [2.75, 3.05) is 0 Å². The van der Waals surface area contributed by atoms with E-state index in [0.717, 1.165) is 71.0 Å². The third-order valence-corrected chi connectivity index (χ3v) is 13.2. The van der Waals surface area contributed by atoms with E-state index in [2.05, 4.69) is 58.9 Å². The molecule has 0 heterocycles. The van der Waals surface area contributed by atoms with Crippen molar-refractivity contribution < 1.29 is 0 Å². The van der Waals surface area contributed by atoms with E-state index in [1.54, 1.807) is 37.7 Å². The van der Waals surface area contributed by atoms with Gasteiger partial charge in [0, 0.05) is 17.0 Å². The fraction of sp³-hybridized carbons (Fsp3) is 0.829. The third-order valence-electron chi connectivity index (χ3n) is 13.2. The molecule has 6 bridgehead atoms. The van der Waals surface area contributed by atoms with Gasteiger partial charge < -0.3 is 11.5 Å². The fourth-order valence-electron chi connectivity index (χ4n) is 12.1. The molecule has 1 aromatic rings. The van der Waals surface area contributed by atoms with Crippen LogP contribution in [0.5, 0.6) is 0 Å². The van der Waals surface area contributed by atoms with E-state index in [-0.39, 0.29) is 17.0 Å². The van der Waals surface area contributed by atoms with Gasteiger partial charge in [-0.3, -0.25) is 0 Å². The van der Waals surface area contributed by atoms with E-state index < -0.39 is 0 Å². The summed E-state index contributed by atoms with van der Waals surface area (Å²) in [5.74, 6) is 10.6. The smallest absolute Gasteiger partial charge is 0.0167 e. The topological polar surface area (TPSA) is 52.0 Å². The van der Waals surface area contributed by atoms with Gasteiger partial charge in [0.2, 0.25) is 0 Å². The number of hydrogen-bond acceptors (Lipinski definition) is 2. The van der Waals surface area contributed by atoms with Crippen LogP contribution in [0.25, 0.3) is 0 Å². The Morgan fingerprint density at radius 3 is 2.24 bits per heavy atom. The maximum atomic E-state index is 6.68. The summed E-state index contributed by atoms with van der Waals surface area (Å²) in [7, 11) is 0. The first-order valence-electron chi connectivity index (χ1n) is 16.2. The van der Waals surface area contributed by atoms with E-state index in [1.807, 2.05) is 0 Å².